The molecule has 0 saturated carbocycles. The highest BCUT2D eigenvalue weighted by Gasteiger charge is 2.33. The molecule has 1 aliphatic rings. The van der Waals surface area contributed by atoms with Crippen molar-refractivity contribution >= 4 is 5.78 Å². The number of aliphatic hydroxyl groups is 1. The van der Waals surface area contributed by atoms with Crippen molar-refractivity contribution in [3.8, 4) is 0 Å². The van der Waals surface area contributed by atoms with E-state index in [0.717, 1.165) is 5.57 Å². The summed E-state index contributed by atoms with van der Waals surface area (Å²) in [5, 5.41) is 9.14. The van der Waals surface area contributed by atoms with Gasteiger partial charge in [-0.15, -0.1) is 0 Å². The van der Waals surface area contributed by atoms with Gasteiger partial charge >= 0.3 is 0 Å². The van der Waals surface area contributed by atoms with Crippen LogP contribution in [0.4, 0.5) is 0 Å². The first-order chi connectivity index (χ1) is 4.55. The van der Waals surface area contributed by atoms with E-state index in [1.165, 1.54) is 0 Å². The summed E-state index contributed by atoms with van der Waals surface area (Å²) in [4.78, 5) is 11.0. The highest BCUT2D eigenvalue weighted by atomic mass is 16.3. The summed E-state index contributed by atoms with van der Waals surface area (Å²) in [6.45, 7) is 5.61. The SMILES string of the molecule is CC1=C(O)C(=O)[C@H](C)[C@@H]1C. The van der Waals surface area contributed by atoms with Gasteiger partial charge in [-0.1, -0.05) is 13.8 Å². The molecule has 0 radical (unpaired) electrons. The minimum absolute atomic E-state index is 0.0139. The number of aliphatic hydroxyl groups excluding tert-OH is 1. The second-order valence-corrected chi connectivity index (χ2v) is 2.97. The predicted octanol–water partition coefficient (Wildman–Crippen LogP) is 1.67. The van der Waals surface area contributed by atoms with E-state index in [1.807, 2.05) is 13.8 Å². The van der Waals surface area contributed by atoms with Crippen LogP contribution in [0.3, 0.4) is 0 Å². The number of allylic oxidation sites excluding steroid dienone is 2. The van der Waals surface area contributed by atoms with Crippen LogP contribution in [0, 0.1) is 11.8 Å². The molecule has 0 spiro atoms. The minimum atomic E-state index is -0.106. The highest BCUT2D eigenvalue weighted by molar-refractivity contribution is 5.98. The molecule has 10 heavy (non-hydrogen) atoms. The van der Waals surface area contributed by atoms with Crippen LogP contribution in [0.25, 0.3) is 0 Å². The van der Waals surface area contributed by atoms with Gasteiger partial charge in [-0.05, 0) is 18.4 Å². The molecule has 0 saturated heterocycles. The maximum absolute atomic E-state index is 11.0. The molecule has 0 bridgehead atoms. The van der Waals surface area contributed by atoms with E-state index in [0.29, 0.717) is 0 Å². The monoisotopic (exact) mass is 140 g/mol. The number of carbonyl (C=O) groups excluding carboxylic acids is 1. The van der Waals surface area contributed by atoms with Crippen molar-refractivity contribution in [3.05, 3.63) is 11.3 Å². The molecular formula is C8H12O2. The van der Waals surface area contributed by atoms with Crippen molar-refractivity contribution < 1.29 is 9.90 Å². The highest BCUT2D eigenvalue weighted by Crippen LogP contribution is 2.31. The molecule has 1 rings (SSSR count). The molecule has 56 valence electrons. The smallest absolute Gasteiger partial charge is 0.200 e. The van der Waals surface area contributed by atoms with Gasteiger partial charge in [0.25, 0.3) is 0 Å². The maximum atomic E-state index is 11.0. The normalized spacial score (nSPS) is 33.7. The van der Waals surface area contributed by atoms with Gasteiger partial charge < -0.3 is 5.11 Å². The summed E-state index contributed by atoms with van der Waals surface area (Å²) in [5.41, 5.74) is 0.831. The fraction of sp³-hybridized carbons (Fsp3) is 0.625. The van der Waals surface area contributed by atoms with Crippen molar-refractivity contribution in [2.24, 2.45) is 11.8 Å². The lowest BCUT2D eigenvalue weighted by molar-refractivity contribution is -0.120. The Balaban J connectivity index is 2.99. The predicted molar refractivity (Wildman–Crippen MR) is 38.7 cm³/mol. The first-order valence-electron chi connectivity index (χ1n) is 3.49. The maximum Gasteiger partial charge on any atom is 0.200 e. The van der Waals surface area contributed by atoms with E-state index < -0.39 is 0 Å². The van der Waals surface area contributed by atoms with Gasteiger partial charge in [-0.25, -0.2) is 0 Å². The van der Waals surface area contributed by atoms with Gasteiger partial charge in [0.2, 0.25) is 0 Å². The fourth-order valence-corrected chi connectivity index (χ4v) is 1.23. The zero-order valence-electron chi connectivity index (χ0n) is 6.51. The summed E-state index contributed by atoms with van der Waals surface area (Å²) in [6.07, 6.45) is 0. The van der Waals surface area contributed by atoms with Crippen LogP contribution in [-0.4, -0.2) is 10.9 Å². The molecular weight excluding hydrogens is 128 g/mol. The Kier molecular flexibility index (Phi) is 1.55. The third kappa shape index (κ3) is 0.753. The summed E-state index contributed by atoms with van der Waals surface area (Å²) < 4.78 is 0. The third-order valence-electron chi connectivity index (χ3n) is 2.45. The van der Waals surface area contributed by atoms with Gasteiger partial charge in [-0.3, -0.25) is 4.79 Å². The molecule has 0 fully saturated rings. The Hall–Kier alpha value is -0.790. The minimum Gasteiger partial charge on any atom is -0.504 e. The molecule has 2 heteroatoms. The van der Waals surface area contributed by atoms with Gasteiger partial charge in [-0.2, -0.15) is 0 Å². The van der Waals surface area contributed by atoms with Crippen LogP contribution < -0.4 is 0 Å². The lowest BCUT2D eigenvalue weighted by Gasteiger charge is -2.07. The standard InChI is InChI=1S/C8H12O2/c1-4-5(2)7(9)8(10)6(4)3/h4-5,10H,1-3H3/t4-,5+/m0/s1. The molecule has 0 unspecified atom stereocenters. The number of hydrogen-bond acceptors (Lipinski definition) is 2. The summed E-state index contributed by atoms with van der Waals surface area (Å²) >= 11 is 0. The number of carbonyl (C=O) groups is 1. The first kappa shape index (κ1) is 7.32. The number of rotatable bonds is 0. The van der Waals surface area contributed by atoms with E-state index in [4.69, 9.17) is 5.11 Å². The summed E-state index contributed by atoms with van der Waals surface area (Å²) in [7, 11) is 0. The van der Waals surface area contributed by atoms with E-state index in [9.17, 15) is 4.79 Å². The molecule has 0 heterocycles. The lowest BCUT2D eigenvalue weighted by Crippen LogP contribution is -2.10. The van der Waals surface area contributed by atoms with Crippen LogP contribution in [0.1, 0.15) is 20.8 Å². The molecule has 2 nitrogen and oxygen atoms in total. The number of ketones is 1. The Morgan fingerprint density at radius 1 is 1.30 bits per heavy atom. The number of Topliss-reactive ketones (excluding diaryl/α,β-unsaturated/α-hetero) is 1. The Morgan fingerprint density at radius 3 is 1.90 bits per heavy atom. The Labute approximate surface area is 60.6 Å². The van der Waals surface area contributed by atoms with E-state index in [2.05, 4.69) is 0 Å². The zero-order valence-corrected chi connectivity index (χ0v) is 6.51. The molecule has 1 N–H and O–H groups in total. The zero-order chi connectivity index (χ0) is 7.89. The quantitative estimate of drug-likeness (QED) is 0.555. The largest absolute Gasteiger partial charge is 0.504 e. The summed E-state index contributed by atoms with van der Waals surface area (Å²) in [5.74, 6) is 0.0671. The van der Waals surface area contributed by atoms with Gasteiger partial charge in [0.1, 0.15) is 0 Å². The van der Waals surface area contributed by atoms with Gasteiger partial charge in [0.15, 0.2) is 11.5 Å². The molecule has 0 aliphatic heterocycles. The summed E-state index contributed by atoms with van der Waals surface area (Å²) in [6, 6.07) is 0. The Morgan fingerprint density at radius 2 is 1.80 bits per heavy atom. The van der Waals surface area contributed by atoms with E-state index in [1.54, 1.807) is 6.92 Å². The van der Waals surface area contributed by atoms with Crippen LogP contribution in [0.5, 0.6) is 0 Å². The van der Waals surface area contributed by atoms with Crippen molar-refractivity contribution in [1.29, 1.82) is 0 Å². The van der Waals surface area contributed by atoms with Crippen molar-refractivity contribution in [1.82, 2.24) is 0 Å². The molecule has 0 aromatic rings. The molecule has 0 aromatic carbocycles. The molecule has 2 atom stereocenters. The van der Waals surface area contributed by atoms with Crippen molar-refractivity contribution in [3.63, 3.8) is 0 Å². The molecule has 0 amide bonds. The second-order valence-electron chi connectivity index (χ2n) is 2.97. The molecule has 1 aliphatic carbocycles. The van der Waals surface area contributed by atoms with E-state index >= 15 is 0 Å². The van der Waals surface area contributed by atoms with E-state index in [-0.39, 0.29) is 23.4 Å². The second kappa shape index (κ2) is 2.11. The average Bonchev–Trinajstić information content (AvgIpc) is 2.07. The van der Waals surface area contributed by atoms with Crippen molar-refractivity contribution in [2.75, 3.05) is 0 Å². The van der Waals surface area contributed by atoms with Gasteiger partial charge in [0, 0.05) is 5.92 Å². The van der Waals surface area contributed by atoms with Gasteiger partial charge in [0.05, 0.1) is 0 Å². The first-order valence-corrected chi connectivity index (χ1v) is 3.49. The topological polar surface area (TPSA) is 37.3 Å². The Bertz CT molecular complexity index is 203. The van der Waals surface area contributed by atoms with Crippen molar-refractivity contribution in [2.45, 2.75) is 20.8 Å². The number of hydrogen-bond donors (Lipinski definition) is 1. The van der Waals surface area contributed by atoms with Crippen LogP contribution in [-0.2, 0) is 4.79 Å². The van der Waals surface area contributed by atoms with Crippen LogP contribution in [0.15, 0.2) is 11.3 Å². The fourth-order valence-electron chi connectivity index (χ4n) is 1.23. The lowest BCUT2D eigenvalue weighted by atomic mass is 9.95. The third-order valence-corrected chi connectivity index (χ3v) is 2.45. The van der Waals surface area contributed by atoms with Crippen LogP contribution in [0.2, 0.25) is 0 Å². The van der Waals surface area contributed by atoms with Crippen LogP contribution >= 0.6 is 0 Å². The average molecular weight is 140 g/mol. The molecule has 0 aromatic heterocycles.